The molecule has 2 aliphatic rings. The minimum atomic E-state index is 0.760. The van der Waals surface area contributed by atoms with Crippen molar-refractivity contribution >= 4 is 23.1 Å². The van der Waals surface area contributed by atoms with Gasteiger partial charge in [0.2, 0.25) is 0 Å². The molecule has 0 saturated carbocycles. The van der Waals surface area contributed by atoms with Crippen molar-refractivity contribution in [3.8, 4) is 0 Å². The SMILES string of the molecule is c1c(CNC2CCCSC2)sc2c1CCC2. The number of rotatable bonds is 3. The zero-order chi connectivity index (χ0) is 10.8. The minimum absolute atomic E-state index is 0.760. The molecule has 1 nitrogen and oxygen atoms in total. The Balaban J connectivity index is 1.53. The Morgan fingerprint density at radius 3 is 3.12 bits per heavy atom. The van der Waals surface area contributed by atoms with Gasteiger partial charge < -0.3 is 5.32 Å². The van der Waals surface area contributed by atoms with Crippen LogP contribution in [0.3, 0.4) is 0 Å². The molecule has 2 heterocycles. The van der Waals surface area contributed by atoms with E-state index in [9.17, 15) is 0 Å². The van der Waals surface area contributed by atoms with Crippen LogP contribution in [0.4, 0.5) is 0 Å². The third-order valence-electron chi connectivity index (χ3n) is 3.52. The molecule has 1 saturated heterocycles. The lowest BCUT2D eigenvalue weighted by Gasteiger charge is -2.22. The van der Waals surface area contributed by atoms with E-state index in [4.69, 9.17) is 0 Å². The summed E-state index contributed by atoms with van der Waals surface area (Å²) in [6, 6.07) is 3.20. The van der Waals surface area contributed by atoms with Gasteiger partial charge in [0.25, 0.3) is 0 Å². The molecule has 0 radical (unpaired) electrons. The van der Waals surface area contributed by atoms with Crippen LogP contribution < -0.4 is 5.32 Å². The van der Waals surface area contributed by atoms with Crippen LogP contribution in [0.5, 0.6) is 0 Å². The molecule has 1 N–H and O–H groups in total. The largest absolute Gasteiger partial charge is 0.308 e. The topological polar surface area (TPSA) is 12.0 Å². The zero-order valence-electron chi connectivity index (χ0n) is 9.63. The Bertz CT molecular complexity index is 331. The van der Waals surface area contributed by atoms with E-state index in [-0.39, 0.29) is 0 Å². The predicted molar refractivity (Wildman–Crippen MR) is 73.5 cm³/mol. The van der Waals surface area contributed by atoms with Crippen molar-refractivity contribution < 1.29 is 0 Å². The van der Waals surface area contributed by atoms with Crippen molar-refractivity contribution in [1.82, 2.24) is 5.32 Å². The van der Waals surface area contributed by atoms with E-state index in [1.165, 1.54) is 43.6 Å². The van der Waals surface area contributed by atoms with E-state index in [0.29, 0.717) is 0 Å². The molecule has 1 atom stereocenters. The Kier molecular flexibility index (Phi) is 3.55. The quantitative estimate of drug-likeness (QED) is 0.887. The maximum absolute atomic E-state index is 3.72. The Labute approximate surface area is 106 Å². The number of hydrogen-bond donors (Lipinski definition) is 1. The van der Waals surface area contributed by atoms with Gasteiger partial charge in [0, 0.05) is 28.1 Å². The summed E-state index contributed by atoms with van der Waals surface area (Å²) in [5.74, 6) is 2.68. The second-order valence-corrected chi connectivity index (χ2v) is 7.18. The summed E-state index contributed by atoms with van der Waals surface area (Å²) in [6.45, 7) is 1.10. The number of thiophene rings is 1. The van der Waals surface area contributed by atoms with Crippen molar-refractivity contribution in [2.24, 2.45) is 0 Å². The van der Waals surface area contributed by atoms with Crippen molar-refractivity contribution in [2.45, 2.75) is 44.7 Å². The second-order valence-electron chi connectivity index (χ2n) is 4.81. The highest BCUT2D eigenvalue weighted by Crippen LogP contribution is 2.30. The van der Waals surface area contributed by atoms with E-state index >= 15 is 0 Å². The third-order valence-corrected chi connectivity index (χ3v) is 5.98. The monoisotopic (exact) mass is 253 g/mol. The maximum Gasteiger partial charge on any atom is 0.0302 e. The third kappa shape index (κ3) is 2.47. The number of aryl methyl sites for hydroxylation is 2. The van der Waals surface area contributed by atoms with Gasteiger partial charge in [0.1, 0.15) is 0 Å². The lowest BCUT2D eigenvalue weighted by molar-refractivity contribution is 0.510. The number of hydrogen-bond acceptors (Lipinski definition) is 3. The normalized spacial score (nSPS) is 24.6. The number of fused-ring (bicyclic) bond motifs is 1. The summed E-state index contributed by atoms with van der Waals surface area (Å²) in [6.07, 6.45) is 6.81. The van der Waals surface area contributed by atoms with Crippen molar-refractivity contribution in [3.63, 3.8) is 0 Å². The van der Waals surface area contributed by atoms with Gasteiger partial charge in [-0.2, -0.15) is 11.8 Å². The molecule has 1 fully saturated rings. The number of thioether (sulfide) groups is 1. The van der Waals surface area contributed by atoms with E-state index < -0.39 is 0 Å². The fourth-order valence-electron chi connectivity index (χ4n) is 2.62. The van der Waals surface area contributed by atoms with Crippen LogP contribution in [0.2, 0.25) is 0 Å². The molecule has 88 valence electrons. The molecule has 1 aliphatic heterocycles. The van der Waals surface area contributed by atoms with Crippen molar-refractivity contribution in [3.05, 3.63) is 21.4 Å². The Morgan fingerprint density at radius 1 is 1.31 bits per heavy atom. The highest BCUT2D eigenvalue weighted by Gasteiger charge is 2.16. The molecule has 0 aromatic carbocycles. The van der Waals surface area contributed by atoms with Gasteiger partial charge in [0.05, 0.1) is 0 Å². The first-order valence-electron chi connectivity index (χ1n) is 6.33. The lowest BCUT2D eigenvalue weighted by Crippen LogP contribution is -2.32. The van der Waals surface area contributed by atoms with Crippen molar-refractivity contribution in [2.75, 3.05) is 11.5 Å². The molecule has 1 unspecified atom stereocenters. The average Bonchev–Trinajstić information content (AvgIpc) is 2.88. The molecule has 1 aromatic heterocycles. The summed E-state index contributed by atoms with van der Waals surface area (Å²) >= 11 is 4.14. The van der Waals surface area contributed by atoms with Crippen LogP contribution >= 0.6 is 23.1 Å². The van der Waals surface area contributed by atoms with Crippen LogP contribution in [-0.2, 0) is 19.4 Å². The van der Waals surface area contributed by atoms with Gasteiger partial charge in [-0.1, -0.05) is 0 Å². The predicted octanol–water partition coefficient (Wildman–Crippen LogP) is 3.22. The molecular weight excluding hydrogens is 234 g/mol. The first kappa shape index (κ1) is 11.1. The molecule has 3 rings (SSSR count). The van der Waals surface area contributed by atoms with E-state index in [0.717, 1.165) is 12.6 Å². The molecule has 1 aliphatic carbocycles. The average molecular weight is 253 g/mol. The van der Waals surface area contributed by atoms with Gasteiger partial charge in [-0.25, -0.2) is 0 Å². The molecular formula is C13H19NS2. The van der Waals surface area contributed by atoms with Crippen LogP contribution in [0.25, 0.3) is 0 Å². The van der Waals surface area contributed by atoms with E-state index in [1.54, 1.807) is 15.3 Å². The van der Waals surface area contributed by atoms with Gasteiger partial charge >= 0.3 is 0 Å². The van der Waals surface area contributed by atoms with Gasteiger partial charge in [0.15, 0.2) is 0 Å². The summed E-state index contributed by atoms with van der Waals surface area (Å²) in [5.41, 5.74) is 1.64. The lowest BCUT2D eigenvalue weighted by atomic mass is 10.2. The zero-order valence-corrected chi connectivity index (χ0v) is 11.3. The first-order chi connectivity index (χ1) is 7.92. The van der Waals surface area contributed by atoms with E-state index in [2.05, 4.69) is 23.1 Å². The Morgan fingerprint density at radius 2 is 2.31 bits per heavy atom. The molecule has 16 heavy (non-hydrogen) atoms. The van der Waals surface area contributed by atoms with Gasteiger partial charge in [-0.15, -0.1) is 11.3 Å². The highest BCUT2D eigenvalue weighted by molar-refractivity contribution is 7.99. The van der Waals surface area contributed by atoms with Gasteiger partial charge in [-0.05, 0) is 49.5 Å². The van der Waals surface area contributed by atoms with Crippen LogP contribution in [0.1, 0.15) is 34.6 Å². The molecule has 0 bridgehead atoms. The summed E-state index contributed by atoms with van der Waals surface area (Å²) in [4.78, 5) is 3.22. The molecule has 1 aromatic rings. The Hall–Kier alpha value is 0.0100. The smallest absolute Gasteiger partial charge is 0.0302 e. The molecule has 0 amide bonds. The first-order valence-corrected chi connectivity index (χ1v) is 8.30. The summed E-state index contributed by atoms with van der Waals surface area (Å²) in [7, 11) is 0. The fourth-order valence-corrected chi connectivity index (χ4v) is 4.94. The molecule has 3 heteroatoms. The maximum atomic E-state index is 3.72. The van der Waals surface area contributed by atoms with Crippen molar-refractivity contribution in [1.29, 1.82) is 0 Å². The molecule has 0 spiro atoms. The van der Waals surface area contributed by atoms with E-state index in [1.807, 2.05) is 11.3 Å². The fraction of sp³-hybridized carbons (Fsp3) is 0.692. The number of nitrogens with one attached hydrogen (secondary N) is 1. The van der Waals surface area contributed by atoms with Crippen LogP contribution in [0, 0.1) is 0 Å². The van der Waals surface area contributed by atoms with Gasteiger partial charge in [-0.3, -0.25) is 0 Å². The highest BCUT2D eigenvalue weighted by atomic mass is 32.2. The minimum Gasteiger partial charge on any atom is -0.308 e. The standard InChI is InChI=1S/C13H19NS2/c1-3-10-7-12(16-13(10)5-1)8-14-11-4-2-6-15-9-11/h7,11,14H,1-6,8-9H2. The second kappa shape index (κ2) is 5.11. The summed E-state index contributed by atoms with van der Waals surface area (Å²) < 4.78 is 0. The van der Waals surface area contributed by atoms with Crippen LogP contribution in [0.15, 0.2) is 6.07 Å². The summed E-state index contributed by atoms with van der Waals surface area (Å²) in [5, 5.41) is 3.72. The van der Waals surface area contributed by atoms with Crippen LogP contribution in [-0.4, -0.2) is 17.5 Å².